The largest absolute Gasteiger partial charge is 0.459 e. The van der Waals surface area contributed by atoms with Crippen molar-refractivity contribution in [2.75, 3.05) is 11.5 Å². The lowest BCUT2D eigenvalue weighted by molar-refractivity contribution is -0.149. The summed E-state index contributed by atoms with van der Waals surface area (Å²) in [6.07, 6.45) is -1.63. The Morgan fingerprint density at radius 2 is 0.894 bits per heavy atom. The standard InChI is InChI=1S/C47H52ClN5O12S/c1-31(50-46(48)60)41(55)52-37(44(58)63-26-34-17-9-4-10-18-34)23-24-40(54)51-38(42(56)49-32(2)43(57)62-25-33-15-7-3-8-16-33)29-66-30-39(45(59)64-27-35-19-11-5-12-20-35)53-47(61)65-28-36-21-13-6-14-22-36/h3-22,31-32,37-39H,23-30H2,1-2H3,(H,49,56)(H,50,60)(H,51,54)(H,52,55)(H,53,61)/t31-,32+,37+,38+,39-/m0/s1. The zero-order chi connectivity index (χ0) is 47.7. The summed E-state index contributed by atoms with van der Waals surface area (Å²) < 4.78 is 21.7. The molecular formula is C47H52ClN5O12S. The number of alkyl carbamates (subject to hydrolysis) is 1. The van der Waals surface area contributed by atoms with Crippen molar-refractivity contribution in [1.29, 1.82) is 0 Å². The Kier molecular flexibility index (Phi) is 22.0. The Morgan fingerprint density at radius 1 is 0.470 bits per heavy atom. The molecule has 0 bridgehead atoms. The van der Waals surface area contributed by atoms with E-state index in [-0.39, 0.29) is 44.4 Å². The minimum Gasteiger partial charge on any atom is -0.459 e. The molecule has 350 valence electrons. The van der Waals surface area contributed by atoms with Gasteiger partial charge in [0.05, 0.1) is 0 Å². The number of nitrogens with one attached hydrogen (secondary N) is 5. The van der Waals surface area contributed by atoms with Crippen LogP contribution in [0.1, 0.15) is 48.9 Å². The number of esters is 3. The summed E-state index contributed by atoms with van der Waals surface area (Å²) in [5, 5.41) is 11.4. The van der Waals surface area contributed by atoms with E-state index in [1.807, 2.05) is 12.1 Å². The fourth-order valence-electron chi connectivity index (χ4n) is 5.77. The molecule has 4 rings (SSSR count). The molecule has 0 aliphatic rings. The van der Waals surface area contributed by atoms with Crippen molar-refractivity contribution < 1.29 is 57.3 Å². The molecule has 5 atom stereocenters. The van der Waals surface area contributed by atoms with Crippen LogP contribution < -0.4 is 26.6 Å². The summed E-state index contributed by atoms with van der Waals surface area (Å²) >= 11 is 6.38. The summed E-state index contributed by atoms with van der Waals surface area (Å²) in [5.41, 5.74) is 2.78. The van der Waals surface area contributed by atoms with Gasteiger partial charge in [-0.3, -0.25) is 19.2 Å². The molecule has 0 saturated heterocycles. The van der Waals surface area contributed by atoms with E-state index in [4.69, 9.17) is 30.5 Å². The normalized spacial score (nSPS) is 12.9. The van der Waals surface area contributed by atoms with Gasteiger partial charge < -0.3 is 45.5 Å². The second kappa shape index (κ2) is 28.1. The Bertz CT molecular complexity index is 2210. The van der Waals surface area contributed by atoms with Crippen LogP contribution in [0.4, 0.5) is 9.59 Å². The first kappa shape index (κ1) is 51.7. The van der Waals surface area contributed by atoms with Gasteiger partial charge in [0.1, 0.15) is 56.6 Å². The minimum absolute atomic E-state index is 0.0546. The molecule has 0 fully saturated rings. The van der Waals surface area contributed by atoms with Crippen molar-refractivity contribution in [3.8, 4) is 0 Å². The molecule has 17 nitrogen and oxygen atoms in total. The van der Waals surface area contributed by atoms with Crippen LogP contribution in [0.5, 0.6) is 0 Å². The van der Waals surface area contributed by atoms with Gasteiger partial charge in [0, 0.05) is 17.9 Å². The third kappa shape index (κ3) is 19.4. The molecule has 5 amide bonds. The molecule has 4 aromatic rings. The highest BCUT2D eigenvalue weighted by Gasteiger charge is 2.30. The molecule has 0 saturated carbocycles. The second-order valence-electron chi connectivity index (χ2n) is 14.7. The van der Waals surface area contributed by atoms with Gasteiger partial charge >= 0.3 is 29.4 Å². The van der Waals surface area contributed by atoms with Gasteiger partial charge in [-0.25, -0.2) is 19.2 Å². The molecule has 0 aliphatic carbocycles. The molecule has 19 heteroatoms. The first-order valence-electron chi connectivity index (χ1n) is 20.8. The van der Waals surface area contributed by atoms with Crippen molar-refractivity contribution in [3.63, 3.8) is 0 Å². The smallest absolute Gasteiger partial charge is 0.408 e. The van der Waals surface area contributed by atoms with E-state index in [2.05, 4.69) is 26.6 Å². The van der Waals surface area contributed by atoms with Crippen molar-refractivity contribution in [2.24, 2.45) is 0 Å². The summed E-state index contributed by atoms with van der Waals surface area (Å²) in [6.45, 7) is 2.37. The van der Waals surface area contributed by atoms with E-state index in [1.165, 1.54) is 13.8 Å². The third-order valence-corrected chi connectivity index (χ3v) is 10.6. The highest BCUT2D eigenvalue weighted by molar-refractivity contribution is 7.99. The number of benzene rings is 4. The molecule has 0 aromatic heterocycles. The lowest BCUT2D eigenvalue weighted by atomic mass is 10.1. The molecule has 0 aliphatic heterocycles. The molecular weight excluding hydrogens is 894 g/mol. The summed E-state index contributed by atoms with van der Waals surface area (Å²) in [5.74, 6) is -5.10. The van der Waals surface area contributed by atoms with E-state index < -0.39 is 83.7 Å². The molecule has 0 radical (unpaired) electrons. The number of hydrogen-bond acceptors (Lipinski definition) is 13. The Balaban J connectivity index is 1.47. The fraction of sp³-hybridized carbons (Fsp3) is 0.319. The SMILES string of the molecule is C[C@H](NC(=O)Cl)C(=O)N[C@H](CCC(=O)N[C@H](CSC[C@H](NC(=O)OCc1ccccc1)C(=O)OCc1ccccc1)C(=O)N[C@H](C)C(=O)OCc1ccccc1)C(=O)OCc1ccccc1. The first-order chi connectivity index (χ1) is 31.8. The minimum atomic E-state index is -1.38. The first-order valence-corrected chi connectivity index (χ1v) is 22.3. The number of carbonyl (C=O) groups excluding carboxylic acids is 8. The molecule has 0 unspecified atom stereocenters. The average Bonchev–Trinajstić information content (AvgIpc) is 3.32. The van der Waals surface area contributed by atoms with Gasteiger partial charge in [0.25, 0.3) is 0 Å². The van der Waals surface area contributed by atoms with E-state index in [1.54, 1.807) is 109 Å². The van der Waals surface area contributed by atoms with Gasteiger partial charge in [0.15, 0.2) is 0 Å². The Morgan fingerprint density at radius 3 is 1.36 bits per heavy atom. The molecule has 0 heterocycles. The zero-order valence-corrected chi connectivity index (χ0v) is 37.8. The van der Waals surface area contributed by atoms with Crippen molar-refractivity contribution in [3.05, 3.63) is 144 Å². The predicted octanol–water partition coefficient (Wildman–Crippen LogP) is 4.84. The number of hydrogen-bond donors (Lipinski definition) is 5. The van der Waals surface area contributed by atoms with Crippen LogP contribution in [0.25, 0.3) is 0 Å². The molecule has 0 spiro atoms. The number of halogens is 1. The number of thioether (sulfide) groups is 1. The fourth-order valence-corrected chi connectivity index (χ4v) is 7.00. The highest BCUT2D eigenvalue weighted by atomic mass is 35.5. The van der Waals surface area contributed by atoms with Crippen molar-refractivity contribution in [1.82, 2.24) is 26.6 Å². The molecule has 4 aromatic carbocycles. The zero-order valence-electron chi connectivity index (χ0n) is 36.3. The van der Waals surface area contributed by atoms with Gasteiger partial charge in [-0.15, -0.1) is 0 Å². The Hall–Kier alpha value is -6.92. The van der Waals surface area contributed by atoms with Gasteiger partial charge in [-0.1, -0.05) is 121 Å². The summed E-state index contributed by atoms with van der Waals surface area (Å²) in [6, 6.07) is 29.1. The Labute approximate surface area is 391 Å². The predicted molar refractivity (Wildman–Crippen MR) is 244 cm³/mol. The van der Waals surface area contributed by atoms with Crippen LogP contribution in [-0.4, -0.2) is 88.8 Å². The molecule has 5 N–H and O–H groups in total. The lowest BCUT2D eigenvalue weighted by Crippen LogP contribution is -2.53. The van der Waals surface area contributed by atoms with E-state index >= 15 is 0 Å². The summed E-state index contributed by atoms with van der Waals surface area (Å²) in [4.78, 5) is 104. The molecule has 66 heavy (non-hydrogen) atoms. The third-order valence-electron chi connectivity index (χ3n) is 9.38. The van der Waals surface area contributed by atoms with Crippen LogP contribution in [0.2, 0.25) is 0 Å². The van der Waals surface area contributed by atoms with Gasteiger partial charge in [-0.2, -0.15) is 11.8 Å². The van der Waals surface area contributed by atoms with Crippen LogP contribution in [0.15, 0.2) is 121 Å². The topological polar surface area (TPSA) is 234 Å². The maximum absolute atomic E-state index is 13.8. The maximum Gasteiger partial charge on any atom is 0.408 e. The number of carbonyl (C=O) groups is 8. The van der Waals surface area contributed by atoms with Crippen LogP contribution in [0.3, 0.4) is 0 Å². The van der Waals surface area contributed by atoms with Crippen LogP contribution >= 0.6 is 23.4 Å². The number of amides is 5. The highest BCUT2D eigenvalue weighted by Crippen LogP contribution is 2.13. The van der Waals surface area contributed by atoms with Gasteiger partial charge in [-0.05, 0) is 54.1 Å². The van der Waals surface area contributed by atoms with E-state index in [0.29, 0.717) is 16.7 Å². The quantitative estimate of drug-likeness (QED) is 0.0260. The monoisotopic (exact) mass is 945 g/mol. The van der Waals surface area contributed by atoms with Crippen LogP contribution in [-0.2, 0) is 74.1 Å². The lowest BCUT2D eigenvalue weighted by Gasteiger charge is -2.23. The average molecular weight is 946 g/mol. The van der Waals surface area contributed by atoms with E-state index in [0.717, 1.165) is 17.3 Å². The summed E-state index contributed by atoms with van der Waals surface area (Å²) in [7, 11) is 0. The van der Waals surface area contributed by atoms with E-state index in [9.17, 15) is 38.4 Å². The second-order valence-corrected chi connectivity index (χ2v) is 16.1. The van der Waals surface area contributed by atoms with Crippen molar-refractivity contribution >= 4 is 70.5 Å². The number of ether oxygens (including phenoxy) is 4. The van der Waals surface area contributed by atoms with Crippen LogP contribution in [0, 0.1) is 0 Å². The van der Waals surface area contributed by atoms with Gasteiger partial charge in [0.2, 0.25) is 17.7 Å². The number of rotatable bonds is 25. The maximum atomic E-state index is 13.8. The van der Waals surface area contributed by atoms with Crippen molar-refractivity contribution in [2.45, 2.75) is 83.3 Å².